The van der Waals surface area contributed by atoms with Crippen LogP contribution in [0.3, 0.4) is 0 Å². The van der Waals surface area contributed by atoms with E-state index in [0.29, 0.717) is 29.3 Å². The summed E-state index contributed by atoms with van der Waals surface area (Å²) in [5.41, 5.74) is 2.17. The number of carbonyl (C=O) groups excluding carboxylic acids is 1. The van der Waals surface area contributed by atoms with Crippen molar-refractivity contribution in [2.75, 3.05) is 13.2 Å². The van der Waals surface area contributed by atoms with E-state index in [9.17, 15) is 9.59 Å². The molecule has 0 atom stereocenters. The Kier molecular flexibility index (Phi) is 4.73. The summed E-state index contributed by atoms with van der Waals surface area (Å²) < 4.78 is 7.06. The molecule has 0 fully saturated rings. The summed E-state index contributed by atoms with van der Waals surface area (Å²) in [4.78, 5) is 26.9. The van der Waals surface area contributed by atoms with Crippen LogP contribution in [-0.4, -0.2) is 33.7 Å². The lowest BCUT2D eigenvalue weighted by Gasteiger charge is -2.26. The molecule has 0 bridgehead atoms. The molecule has 6 nitrogen and oxygen atoms in total. The predicted molar refractivity (Wildman–Crippen MR) is 102 cm³/mol. The van der Waals surface area contributed by atoms with E-state index < -0.39 is 0 Å². The SMILES string of the molecule is O=C(COc1ccc(Cl)cc1)N1CCc2[nH]n(-c3ccccc3)c(=O)c2C1. The van der Waals surface area contributed by atoms with E-state index in [-0.39, 0.29) is 24.6 Å². The van der Waals surface area contributed by atoms with Crippen molar-refractivity contribution >= 4 is 17.5 Å². The Morgan fingerprint density at radius 2 is 1.85 bits per heavy atom. The lowest BCUT2D eigenvalue weighted by Crippen LogP contribution is -2.40. The Hall–Kier alpha value is -2.99. The molecule has 4 rings (SSSR count). The summed E-state index contributed by atoms with van der Waals surface area (Å²) in [6.07, 6.45) is 0.608. The molecular formula is C20H18ClN3O3. The molecule has 0 saturated carbocycles. The number of aromatic amines is 1. The van der Waals surface area contributed by atoms with Crippen LogP contribution in [0.4, 0.5) is 0 Å². The highest BCUT2D eigenvalue weighted by Crippen LogP contribution is 2.18. The zero-order chi connectivity index (χ0) is 18.8. The maximum Gasteiger partial charge on any atom is 0.276 e. The Balaban J connectivity index is 1.46. The molecule has 1 amide bonds. The van der Waals surface area contributed by atoms with Crippen LogP contribution in [0, 0.1) is 0 Å². The van der Waals surface area contributed by atoms with Gasteiger partial charge in [0, 0.05) is 23.7 Å². The summed E-state index contributed by atoms with van der Waals surface area (Å²) in [6, 6.07) is 16.2. The average Bonchev–Trinajstić information content (AvgIpc) is 3.04. The van der Waals surface area contributed by atoms with Crippen molar-refractivity contribution in [3.63, 3.8) is 0 Å². The predicted octanol–water partition coefficient (Wildman–Crippen LogP) is 2.78. The van der Waals surface area contributed by atoms with E-state index in [0.717, 1.165) is 11.4 Å². The Morgan fingerprint density at radius 1 is 1.11 bits per heavy atom. The third-order valence-electron chi connectivity index (χ3n) is 4.60. The molecule has 2 heterocycles. The van der Waals surface area contributed by atoms with Gasteiger partial charge in [0.25, 0.3) is 11.5 Å². The summed E-state index contributed by atoms with van der Waals surface area (Å²) in [7, 11) is 0. The number of H-pyrrole nitrogens is 1. The molecule has 3 aromatic rings. The Labute approximate surface area is 160 Å². The van der Waals surface area contributed by atoms with Gasteiger partial charge in [-0.1, -0.05) is 29.8 Å². The molecule has 138 valence electrons. The summed E-state index contributed by atoms with van der Waals surface area (Å²) in [6.45, 7) is 0.756. The second kappa shape index (κ2) is 7.32. The molecule has 1 aromatic heterocycles. The molecule has 1 aliphatic heterocycles. The van der Waals surface area contributed by atoms with Crippen LogP contribution in [0.5, 0.6) is 5.75 Å². The van der Waals surface area contributed by atoms with E-state index in [1.165, 1.54) is 4.68 Å². The van der Waals surface area contributed by atoms with Gasteiger partial charge in [0.05, 0.1) is 17.8 Å². The largest absolute Gasteiger partial charge is 0.484 e. The lowest BCUT2D eigenvalue weighted by atomic mass is 10.1. The zero-order valence-corrected chi connectivity index (χ0v) is 15.3. The van der Waals surface area contributed by atoms with Gasteiger partial charge in [0.2, 0.25) is 0 Å². The van der Waals surface area contributed by atoms with Crippen LogP contribution < -0.4 is 10.3 Å². The number of aromatic nitrogens is 2. The number of hydrogen-bond donors (Lipinski definition) is 1. The summed E-state index contributed by atoms with van der Waals surface area (Å²) in [5, 5.41) is 3.77. The van der Waals surface area contributed by atoms with E-state index in [1.807, 2.05) is 30.3 Å². The first-order valence-corrected chi connectivity index (χ1v) is 9.04. The van der Waals surface area contributed by atoms with E-state index >= 15 is 0 Å². The maximum atomic E-state index is 12.7. The van der Waals surface area contributed by atoms with Crippen LogP contribution >= 0.6 is 11.6 Å². The molecular weight excluding hydrogens is 366 g/mol. The van der Waals surface area contributed by atoms with Gasteiger partial charge in [0.1, 0.15) is 5.75 Å². The maximum absolute atomic E-state index is 12.7. The van der Waals surface area contributed by atoms with Crippen molar-refractivity contribution in [2.45, 2.75) is 13.0 Å². The van der Waals surface area contributed by atoms with Gasteiger partial charge in [0.15, 0.2) is 6.61 Å². The van der Waals surface area contributed by atoms with Crippen LogP contribution in [0.2, 0.25) is 5.02 Å². The van der Waals surface area contributed by atoms with Crippen LogP contribution in [-0.2, 0) is 17.8 Å². The number of fused-ring (bicyclic) bond motifs is 1. The minimum atomic E-state index is -0.150. The molecule has 0 radical (unpaired) electrons. The summed E-state index contributed by atoms with van der Waals surface area (Å²) >= 11 is 5.84. The van der Waals surface area contributed by atoms with Crippen molar-refractivity contribution in [1.29, 1.82) is 0 Å². The smallest absolute Gasteiger partial charge is 0.276 e. The highest BCUT2D eigenvalue weighted by atomic mass is 35.5. The van der Waals surface area contributed by atoms with E-state index in [4.69, 9.17) is 16.3 Å². The number of benzene rings is 2. The first-order chi connectivity index (χ1) is 13.1. The van der Waals surface area contributed by atoms with E-state index in [2.05, 4.69) is 5.10 Å². The van der Waals surface area contributed by atoms with Gasteiger partial charge in [-0.25, -0.2) is 4.68 Å². The Morgan fingerprint density at radius 3 is 2.59 bits per heavy atom. The van der Waals surface area contributed by atoms with Gasteiger partial charge in [-0.05, 0) is 36.4 Å². The molecule has 0 saturated heterocycles. The van der Waals surface area contributed by atoms with Gasteiger partial charge in [-0.15, -0.1) is 0 Å². The third kappa shape index (κ3) is 3.61. The number of para-hydroxylation sites is 1. The van der Waals surface area contributed by atoms with Crippen LogP contribution in [0.15, 0.2) is 59.4 Å². The number of hydrogen-bond acceptors (Lipinski definition) is 3. The van der Waals surface area contributed by atoms with Gasteiger partial charge in [-0.2, -0.15) is 0 Å². The topological polar surface area (TPSA) is 67.3 Å². The molecule has 0 aliphatic carbocycles. The zero-order valence-electron chi connectivity index (χ0n) is 14.5. The standard InChI is InChI=1S/C20H18ClN3O3/c21-14-6-8-16(9-7-14)27-13-19(25)23-11-10-18-17(12-23)20(26)24(22-18)15-4-2-1-3-5-15/h1-9,22H,10-13H2. The van der Waals surface area contributed by atoms with Crippen molar-refractivity contribution in [3.8, 4) is 11.4 Å². The first kappa shape index (κ1) is 17.4. The highest BCUT2D eigenvalue weighted by Gasteiger charge is 2.26. The second-order valence-electron chi connectivity index (χ2n) is 6.35. The molecule has 1 aliphatic rings. The molecule has 0 unspecified atom stereocenters. The number of halogens is 1. The average molecular weight is 384 g/mol. The molecule has 0 spiro atoms. The van der Waals surface area contributed by atoms with Crippen molar-refractivity contribution < 1.29 is 9.53 Å². The number of rotatable bonds is 4. The normalized spacial score (nSPS) is 13.3. The quantitative estimate of drug-likeness (QED) is 0.753. The van der Waals surface area contributed by atoms with Crippen molar-refractivity contribution in [2.24, 2.45) is 0 Å². The number of nitrogens with zero attached hydrogens (tertiary/aromatic N) is 2. The van der Waals surface area contributed by atoms with E-state index in [1.54, 1.807) is 29.2 Å². The minimum Gasteiger partial charge on any atom is -0.484 e. The lowest BCUT2D eigenvalue weighted by molar-refractivity contribution is -0.134. The molecule has 7 heteroatoms. The van der Waals surface area contributed by atoms with Crippen molar-refractivity contribution in [1.82, 2.24) is 14.7 Å². The molecule has 27 heavy (non-hydrogen) atoms. The Bertz CT molecular complexity index is 1010. The van der Waals surface area contributed by atoms with Crippen molar-refractivity contribution in [3.05, 3.63) is 81.2 Å². The van der Waals surface area contributed by atoms with Gasteiger partial charge < -0.3 is 9.64 Å². The summed E-state index contributed by atoms with van der Waals surface area (Å²) in [5.74, 6) is 0.431. The van der Waals surface area contributed by atoms with Gasteiger partial charge >= 0.3 is 0 Å². The van der Waals surface area contributed by atoms with Gasteiger partial charge in [-0.3, -0.25) is 14.7 Å². The number of nitrogens with one attached hydrogen (secondary N) is 1. The minimum absolute atomic E-state index is 0.0751. The van der Waals surface area contributed by atoms with Crippen LogP contribution in [0.1, 0.15) is 11.3 Å². The second-order valence-corrected chi connectivity index (χ2v) is 6.79. The third-order valence-corrected chi connectivity index (χ3v) is 4.85. The fraction of sp³-hybridized carbons (Fsp3) is 0.200. The fourth-order valence-corrected chi connectivity index (χ4v) is 3.27. The number of ether oxygens (including phenoxy) is 1. The van der Waals surface area contributed by atoms with Crippen LogP contribution in [0.25, 0.3) is 5.69 Å². The molecule has 1 N–H and O–H groups in total. The highest BCUT2D eigenvalue weighted by molar-refractivity contribution is 6.30. The fourth-order valence-electron chi connectivity index (χ4n) is 3.14. The first-order valence-electron chi connectivity index (χ1n) is 8.66. The number of carbonyl (C=O) groups is 1. The molecule has 2 aromatic carbocycles. The monoisotopic (exact) mass is 383 g/mol. The number of amides is 1.